The van der Waals surface area contributed by atoms with E-state index in [4.69, 9.17) is 28.3 Å². The van der Waals surface area contributed by atoms with Crippen LogP contribution in [0.25, 0.3) is 21.8 Å². The number of rotatable bonds is 3. The predicted octanol–water partition coefficient (Wildman–Crippen LogP) is 3.45. The van der Waals surface area contributed by atoms with E-state index < -0.39 is 6.10 Å². The van der Waals surface area contributed by atoms with Gasteiger partial charge in [0.25, 0.3) is 0 Å². The molecule has 0 aliphatic heterocycles. The van der Waals surface area contributed by atoms with E-state index in [1.54, 1.807) is 0 Å². The van der Waals surface area contributed by atoms with Gasteiger partial charge in [0, 0.05) is 31.9 Å². The number of nitrogens with zero attached hydrogens (tertiary/aromatic N) is 1. The zero-order chi connectivity index (χ0) is 14.3. The Morgan fingerprint density at radius 3 is 1.90 bits per heavy atom. The maximum Gasteiger partial charge on any atom is 0.0949 e. The van der Waals surface area contributed by atoms with Crippen LogP contribution in [0.15, 0.2) is 36.4 Å². The average molecular weight is 310 g/mol. The smallest absolute Gasteiger partial charge is 0.0949 e. The van der Waals surface area contributed by atoms with E-state index in [2.05, 4.69) is 0 Å². The van der Waals surface area contributed by atoms with Gasteiger partial charge in [0.1, 0.15) is 0 Å². The normalized spacial score (nSPS) is 13.2. The molecule has 104 valence electrons. The third-order valence-electron chi connectivity index (χ3n) is 3.39. The second-order valence-corrected chi connectivity index (χ2v) is 5.64. The second kappa shape index (κ2) is 5.26. The molecule has 0 saturated heterocycles. The second-order valence-electron chi connectivity index (χ2n) is 4.77. The van der Waals surface area contributed by atoms with E-state index in [0.29, 0.717) is 16.6 Å². The van der Waals surface area contributed by atoms with Crippen LogP contribution in [0.1, 0.15) is 0 Å². The molecule has 0 spiro atoms. The summed E-state index contributed by atoms with van der Waals surface area (Å²) in [4.78, 5) is 0. The van der Waals surface area contributed by atoms with Gasteiger partial charge >= 0.3 is 0 Å². The van der Waals surface area contributed by atoms with Crippen LogP contribution < -0.4 is 0 Å². The Morgan fingerprint density at radius 2 is 1.45 bits per heavy atom. The van der Waals surface area contributed by atoms with E-state index in [1.807, 2.05) is 41.0 Å². The summed E-state index contributed by atoms with van der Waals surface area (Å²) < 4.78 is 1.97. The first-order valence-electron chi connectivity index (χ1n) is 6.26. The molecule has 0 unspecified atom stereocenters. The average Bonchev–Trinajstić information content (AvgIpc) is 2.72. The lowest BCUT2D eigenvalue weighted by atomic mass is 10.1. The number of fused-ring (bicyclic) bond motifs is 3. The molecule has 0 saturated carbocycles. The van der Waals surface area contributed by atoms with E-state index in [-0.39, 0.29) is 6.61 Å². The molecule has 1 atom stereocenters. The van der Waals surface area contributed by atoms with Gasteiger partial charge in [-0.2, -0.15) is 0 Å². The van der Waals surface area contributed by atoms with Crippen molar-refractivity contribution in [2.24, 2.45) is 0 Å². The van der Waals surface area contributed by atoms with Crippen molar-refractivity contribution in [3.05, 3.63) is 46.4 Å². The maximum atomic E-state index is 9.73. The summed E-state index contributed by atoms with van der Waals surface area (Å²) >= 11 is 12.1. The Balaban J connectivity index is 2.34. The fraction of sp³-hybridized carbons (Fsp3) is 0.200. The minimum Gasteiger partial charge on any atom is -0.394 e. The van der Waals surface area contributed by atoms with Crippen molar-refractivity contribution in [1.82, 2.24) is 4.57 Å². The SMILES string of the molecule is OC[C@H](O)Cn1c2ccc(Cl)cc2c2cc(Cl)ccc21. The molecule has 3 rings (SSSR count). The van der Waals surface area contributed by atoms with Crippen molar-refractivity contribution in [3.8, 4) is 0 Å². The van der Waals surface area contributed by atoms with Gasteiger partial charge in [0.05, 0.1) is 19.3 Å². The van der Waals surface area contributed by atoms with Crippen LogP contribution in [0.3, 0.4) is 0 Å². The quantitative estimate of drug-likeness (QED) is 0.778. The van der Waals surface area contributed by atoms with Crippen molar-refractivity contribution in [2.75, 3.05) is 6.61 Å². The Hall–Kier alpha value is -1.26. The van der Waals surface area contributed by atoms with Crippen LogP contribution in [-0.2, 0) is 6.54 Å². The summed E-state index contributed by atoms with van der Waals surface area (Å²) in [5.74, 6) is 0. The van der Waals surface area contributed by atoms with Crippen LogP contribution in [0.2, 0.25) is 10.0 Å². The molecule has 20 heavy (non-hydrogen) atoms. The summed E-state index contributed by atoms with van der Waals surface area (Å²) in [5.41, 5.74) is 1.92. The predicted molar refractivity (Wildman–Crippen MR) is 82.6 cm³/mol. The van der Waals surface area contributed by atoms with Crippen molar-refractivity contribution in [2.45, 2.75) is 12.6 Å². The van der Waals surface area contributed by atoms with Crippen molar-refractivity contribution in [3.63, 3.8) is 0 Å². The summed E-state index contributed by atoms with van der Waals surface area (Å²) in [7, 11) is 0. The van der Waals surface area contributed by atoms with Crippen LogP contribution in [0, 0.1) is 0 Å². The monoisotopic (exact) mass is 309 g/mol. The lowest BCUT2D eigenvalue weighted by molar-refractivity contribution is 0.0831. The highest BCUT2D eigenvalue weighted by molar-refractivity contribution is 6.33. The fourth-order valence-corrected chi connectivity index (χ4v) is 2.86. The Labute approximate surface area is 126 Å². The maximum absolute atomic E-state index is 9.73. The number of aromatic nitrogens is 1. The minimum absolute atomic E-state index is 0.275. The van der Waals surface area contributed by atoms with Crippen LogP contribution in [0.4, 0.5) is 0 Å². The van der Waals surface area contributed by atoms with Gasteiger partial charge in [0.2, 0.25) is 0 Å². The Morgan fingerprint density at radius 1 is 0.950 bits per heavy atom. The van der Waals surface area contributed by atoms with Gasteiger partial charge in [-0.1, -0.05) is 23.2 Å². The first-order valence-corrected chi connectivity index (χ1v) is 7.01. The molecule has 0 aliphatic rings. The van der Waals surface area contributed by atoms with E-state index in [1.165, 1.54) is 0 Å². The number of hydrogen-bond acceptors (Lipinski definition) is 2. The summed E-state index contributed by atoms with van der Waals surface area (Å²) in [6.07, 6.45) is -0.805. The highest BCUT2D eigenvalue weighted by Crippen LogP contribution is 2.32. The fourth-order valence-electron chi connectivity index (χ4n) is 2.51. The molecule has 0 bridgehead atoms. The van der Waals surface area contributed by atoms with Crippen molar-refractivity contribution < 1.29 is 10.2 Å². The molecular formula is C15H13Cl2NO2. The third-order valence-corrected chi connectivity index (χ3v) is 3.86. The molecule has 5 heteroatoms. The van der Waals surface area contributed by atoms with Gasteiger partial charge in [-0.3, -0.25) is 0 Å². The molecule has 1 aromatic heterocycles. The standard InChI is InChI=1S/C15H13Cl2NO2/c16-9-1-3-14-12(5-9)13-6-10(17)2-4-15(13)18(14)7-11(20)8-19/h1-6,11,19-20H,7-8H2/t11-/m1/s1. The number of halogens is 2. The molecule has 2 aromatic carbocycles. The van der Waals surface area contributed by atoms with Crippen LogP contribution >= 0.6 is 23.2 Å². The first-order chi connectivity index (χ1) is 9.60. The molecular weight excluding hydrogens is 297 g/mol. The largest absolute Gasteiger partial charge is 0.394 e. The number of aliphatic hydroxyl groups excluding tert-OH is 2. The number of benzene rings is 2. The van der Waals surface area contributed by atoms with Gasteiger partial charge in [-0.05, 0) is 36.4 Å². The van der Waals surface area contributed by atoms with Crippen molar-refractivity contribution >= 4 is 45.0 Å². The topological polar surface area (TPSA) is 45.4 Å². The zero-order valence-electron chi connectivity index (χ0n) is 10.6. The molecule has 0 amide bonds. The highest BCUT2D eigenvalue weighted by Gasteiger charge is 2.14. The highest BCUT2D eigenvalue weighted by atomic mass is 35.5. The van der Waals surface area contributed by atoms with Gasteiger partial charge in [-0.15, -0.1) is 0 Å². The van der Waals surface area contributed by atoms with Crippen LogP contribution in [0.5, 0.6) is 0 Å². The van der Waals surface area contributed by atoms with Gasteiger partial charge in [0.15, 0.2) is 0 Å². The molecule has 0 radical (unpaired) electrons. The Bertz CT molecular complexity index is 723. The number of hydrogen-bond donors (Lipinski definition) is 2. The molecule has 0 fully saturated rings. The lowest BCUT2D eigenvalue weighted by Crippen LogP contribution is -2.19. The first kappa shape index (κ1) is 13.7. The van der Waals surface area contributed by atoms with Gasteiger partial charge < -0.3 is 14.8 Å². The van der Waals surface area contributed by atoms with E-state index >= 15 is 0 Å². The van der Waals surface area contributed by atoms with Gasteiger partial charge in [-0.25, -0.2) is 0 Å². The van der Waals surface area contributed by atoms with E-state index in [9.17, 15) is 5.11 Å². The summed E-state index contributed by atoms with van der Waals surface area (Å²) in [6.45, 7) is 0.0438. The molecule has 2 N–H and O–H groups in total. The Kier molecular flexibility index (Phi) is 3.61. The van der Waals surface area contributed by atoms with E-state index in [0.717, 1.165) is 21.8 Å². The third kappa shape index (κ3) is 2.27. The zero-order valence-corrected chi connectivity index (χ0v) is 12.1. The lowest BCUT2D eigenvalue weighted by Gasteiger charge is -2.11. The number of aliphatic hydroxyl groups is 2. The molecule has 3 nitrogen and oxygen atoms in total. The summed E-state index contributed by atoms with van der Waals surface area (Å²) in [5, 5.41) is 22.1. The molecule has 3 aromatic rings. The summed E-state index contributed by atoms with van der Waals surface area (Å²) in [6, 6.07) is 11.2. The van der Waals surface area contributed by atoms with Crippen LogP contribution in [-0.4, -0.2) is 27.5 Å². The molecule has 0 aliphatic carbocycles. The minimum atomic E-state index is -0.805. The molecule has 1 heterocycles. The van der Waals surface area contributed by atoms with Crippen molar-refractivity contribution in [1.29, 1.82) is 0 Å².